The Kier molecular flexibility index (Phi) is 6.23. The largest absolute Gasteiger partial charge is 0.507 e. The zero-order valence-electron chi connectivity index (χ0n) is 14.8. The first kappa shape index (κ1) is 17.6. The molecule has 0 amide bonds. The molecule has 0 fully saturated rings. The molecule has 0 aliphatic rings. The fraction of sp³-hybridized carbons (Fsp3) is 0.429. The second-order valence-corrected chi connectivity index (χ2v) is 6.46. The van der Waals surface area contributed by atoms with Gasteiger partial charge in [-0.2, -0.15) is 0 Å². The number of rotatable bonds is 7. The molecule has 2 rings (SSSR count). The van der Waals surface area contributed by atoms with Gasteiger partial charge in [0.15, 0.2) is 0 Å². The van der Waals surface area contributed by atoms with Crippen molar-refractivity contribution in [2.45, 2.75) is 52.5 Å². The number of aromatic hydroxyl groups is 1. The highest BCUT2D eigenvalue weighted by molar-refractivity contribution is 5.48. The lowest BCUT2D eigenvalue weighted by atomic mass is 9.86. The number of benzene rings is 2. The molecule has 0 heterocycles. The van der Waals surface area contributed by atoms with Crippen LogP contribution in [-0.2, 0) is 0 Å². The van der Waals surface area contributed by atoms with Crippen LogP contribution >= 0.6 is 0 Å². The normalized spacial score (nSPS) is 13.7. The fourth-order valence-corrected chi connectivity index (χ4v) is 2.91. The maximum absolute atomic E-state index is 10.6. The van der Waals surface area contributed by atoms with Gasteiger partial charge < -0.3 is 10.4 Å². The standard InChI is InChI=1S/C21H29NO/c1-5-16(3)22-14-13-19(18-9-7-6-8-10-18)20-12-11-15(2)17(4)21(20)23/h6-12,16,19,22-23H,5,13-14H2,1-4H3/t16-,19+/m0/s1. The first-order chi connectivity index (χ1) is 11.0. The zero-order valence-corrected chi connectivity index (χ0v) is 14.8. The van der Waals surface area contributed by atoms with Crippen molar-refractivity contribution in [1.29, 1.82) is 0 Å². The molecule has 0 aromatic heterocycles. The van der Waals surface area contributed by atoms with Crippen LogP contribution in [0.4, 0.5) is 0 Å². The van der Waals surface area contributed by atoms with Crippen LogP contribution in [0.2, 0.25) is 0 Å². The second-order valence-electron chi connectivity index (χ2n) is 6.46. The van der Waals surface area contributed by atoms with Crippen LogP contribution in [0.1, 0.15) is 54.9 Å². The Balaban J connectivity index is 2.29. The molecule has 0 radical (unpaired) electrons. The third-order valence-electron chi connectivity index (χ3n) is 4.85. The molecule has 2 atom stereocenters. The molecule has 2 aromatic rings. The van der Waals surface area contributed by atoms with Gasteiger partial charge in [-0.15, -0.1) is 0 Å². The van der Waals surface area contributed by atoms with Crippen LogP contribution in [0.15, 0.2) is 42.5 Å². The number of hydrogen-bond donors (Lipinski definition) is 2. The van der Waals surface area contributed by atoms with Crippen LogP contribution < -0.4 is 5.32 Å². The van der Waals surface area contributed by atoms with E-state index in [9.17, 15) is 5.11 Å². The van der Waals surface area contributed by atoms with Crippen molar-refractivity contribution in [2.24, 2.45) is 0 Å². The van der Waals surface area contributed by atoms with Crippen LogP contribution in [0.3, 0.4) is 0 Å². The van der Waals surface area contributed by atoms with Gasteiger partial charge in [-0.1, -0.05) is 49.4 Å². The molecule has 124 valence electrons. The summed E-state index contributed by atoms with van der Waals surface area (Å²) in [7, 11) is 0. The van der Waals surface area contributed by atoms with Crippen LogP contribution in [0.5, 0.6) is 5.75 Å². The van der Waals surface area contributed by atoms with Gasteiger partial charge in [0.25, 0.3) is 0 Å². The molecular weight excluding hydrogens is 282 g/mol. The lowest BCUT2D eigenvalue weighted by molar-refractivity contribution is 0.453. The molecule has 0 aliphatic carbocycles. The summed E-state index contributed by atoms with van der Waals surface area (Å²) in [5.74, 6) is 0.662. The highest BCUT2D eigenvalue weighted by atomic mass is 16.3. The molecule has 0 saturated heterocycles. The summed E-state index contributed by atoms with van der Waals surface area (Å²) in [5, 5.41) is 14.2. The Morgan fingerprint density at radius 3 is 2.39 bits per heavy atom. The summed E-state index contributed by atoms with van der Waals surface area (Å²) in [6, 6.07) is 15.2. The fourth-order valence-electron chi connectivity index (χ4n) is 2.91. The number of hydrogen-bond acceptors (Lipinski definition) is 2. The van der Waals surface area contributed by atoms with Crippen LogP contribution in [-0.4, -0.2) is 17.7 Å². The van der Waals surface area contributed by atoms with Crippen molar-refractivity contribution in [3.8, 4) is 5.75 Å². The maximum Gasteiger partial charge on any atom is 0.122 e. The number of phenolic OH excluding ortho intramolecular Hbond substituents is 1. The zero-order chi connectivity index (χ0) is 16.8. The molecule has 0 bridgehead atoms. The number of phenols is 1. The predicted octanol–water partition coefficient (Wildman–Crippen LogP) is 4.92. The van der Waals surface area contributed by atoms with Crippen molar-refractivity contribution in [1.82, 2.24) is 5.32 Å². The number of aryl methyl sites for hydroxylation is 1. The van der Waals surface area contributed by atoms with E-state index < -0.39 is 0 Å². The van der Waals surface area contributed by atoms with Gasteiger partial charge in [0.05, 0.1) is 0 Å². The minimum absolute atomic E-state index is 0.215. The Hall–Kier alpha value is -1.80. The van der Waals surface area contributed by atoms with E-state index in [2.05, 4.69) is 55.6 Å². The van der Waals surface area contributed by atoms with Crippen molar-refractivity contribution >= 4 is 0 Å². The van der Waals surface area contributed by atoms with E-state index >= 15 is 0 Å². The highest BCUT2D eigenvalue weighted by Crippen LogP contribution is 2.36. The minimum Gasteiger partial charge on any atom is -0.507 e. The van der Waals surface area contributed by atoms with E-state index in [-0.39, 0.29) is 5.92 Å². The molecule has 0 spiro atoms. The van der Waals surface area contributed by atoms with E-state index in [1.54, 1.807) is 0 Å². The quantitative estimate of drug-likeness (QED) is 0.760. The molecule has 0 aliphatic heterocycles. The third-order valence-corrected chi connectivity index (χ3v) is 4.85. The van der Waals surface area contributed by atoms with Crippen molar-refractivity contribution in [2.75, 3.05) is 6.54 Å². The first-order valence-corrected chi connectivity index (χ1v) is 8.62. The van der Waals surface area contributed by atoms with Gasteiger partial charge in [0.1, 0.15) is 5.75 Å². The molecule has 2 N–H and O–H groups in total. The molecule has 2 heteroatoms. The lowest BCUT2D eigenvalue weighted by Crippen LogP contribution is -2.27. The van der Waals surface area contributed by atoms with E-state index in [0.717, 1.165) is 36.1 Å². The van der Waals surface area contributed by atoms with Crippen molar-refractivity contribution in [3.05, 3.63) is 64.7 Å². The highest BCUT2D eigenvalue weighted by Gasteiger charge is 2.19. The summed E-state index contributed by atoms with van der Waals surface area (Å²) in [6.07, 6.45) is 2.11. The maximum atomic E-state index is 10.6. The Morgan fingerprint density at radius 2 is 1.74 bits per heavy atom. The second kappa shape index (κ2) is 8.16. The minimum atomic E-state index is 0.215. The van der Waals surface area contributed by atoms with E-state index in [4.69, 9.17) is 0 Å². The van der Waals surface area contributed by atoms with Gasteiger partial charge in [-0.25, -0.2) is 0 Å². The first-order valence-electron chi connectivity index (χ1n) is 8.62. The SMILES string of the molecule is CC[C@H](C)NCC[C@H](c1ccccc1)c1ccc(C)c(C)c1O. The molecule has 23 heavy (non-hydrogen) atoms. The lowest BCUT2D eigenvalue weighted by Gasteiger charge is -2.22. The average Bonchev–Trinajstić information content (AvgIpc) is 2.58. The summed E-state index contributed by atoms with van der Waals surface area (Å²) in [5.41, 5.74) is 4.41. The number of nitrogens with one attached hydrogen (secondary N) is 1. The summed E-state index contributed by atoms with van der Waals surface area (Å²) in [4.78, 5) is 0. The molecule has 2 aromatic carbocycles. The van der Waals surface area contributed by atoms with Crippen LogP contribution in [0.25, 0.3) is 0 Å². The third kappa shape index (κ3) is 4.35. The van der Waals surface area contributed by atoms with E-state index in [1.807, 2.05) is 19.9 Å². The average molecular weight is 311 g/mol. The van der Waals surface area contributed by atoms with Gasteiger partial charge >= 0.3 is 0 Å². The smallest absolute Gasteiger partial charge is 0.122 e. The summed E-state index contributed by atoms with van der Waals surface area (Å²) < 4.78 is 0. The van der Waals surface area contributed by atoms with Crippen molar-refractivity contribution < 1.29 is 5.11 Å². The topological polar surface area (TPSA) is 32.3 Å². The molecular formula is C21H29NO. The van der Waals surface area contributed by atoms with Crippen molar-refractivity contribution in [3.63, 3.8) is 0 Å². The van der Waals surface area contributed by atoms with Gasteiger partial charge in [-0.3, -0.25) is 0 Å². The molecule has 0 unspecified atom stereocenters. The Bertz CT molecular complexity index is 621. The summed E-state index contributed by atoms with van der Waals surface area (Å²) in [6.45, 7) is 9.39. The van der Waals surface area contributed by atoms with Crippen LogP contribution in [0, 0.1) is 13.8 Å². The Morgan fingerprint density at radius 1 is 1.04 bits per heavy atom. The van der Waals surface area contributed by atoms with E-state index in [0.29, 0.717) is 11.8 Å². The van der Waals surface area contributed by atoms with Gasteiger partial charge in [0.2, 0.25) is 0 Å². The van der Waals surface area contributed by atoms with E-state index in [1.165, 1.54) is 5.56 Å². The Labute approximate surface area is 140 Å². The van der Waals surface area contributed by atoms with Gasteiger partial charge in [-0.05, 0) is 56.8 Å². The van der Waals surface area contributed by atoms with Gasteiger partial charge in [0, 0.05) is 17.5 Å². The summed E-state index contributed by atoms with van der Waals surface area (Å²) >= 11 is 0. The molecule has 2 nitrogen and oxygen atoms in total. The molecule has 0 saturated carbocycles. The monoisotopic (exact) mass is 311 g/mol. The predicted molar refractivity (Wildman–Crippen MR) is 98.2 cm³/mol.